The summed E-state index contributed by atoms with van der Waals surface area (Å²) in [6.45, 7) is 2.21. The Bertz CT molecular complexity index is 482. The van der Waals surface area contributed by atoms with Crippen LogP contribution in [-0.4, -0.2) is 41.6 Å². The first-order chi connectivity index (χ1) is 9.29. The van der Waals surface area contributed by atoms with E-state index in [2.05, 4.69) is 31.2 Å². The van der Waals surface area contributed by atoms with Crippen molar-refractivity contribution in [1.29, 1.82) is 0 Å². The summed E-state index contributed by atoms with van der Waals surface area (Å²) in [5.41, 5.74) is 6.75. The third-order valence-corrected chi connectivity index (χ3v) is 2.89. The molecule has 6 heteroatoms. The first-order valence-electron chi connectivity index (χ1n) is 6.38. The maximum Gasteiger partial charge on any atom is 0.133 e. The van der Waals surface area contributed by atoms with Crippen LogP contribution in [0.2, 0.25) is 0 Å². The maximum absolute atomic E-state index is 5.46. The van der Waals surface area contributed by atoms with Crippen LogP contribution in [0.15, 0.2) is 30.9 Å². The van der Waals surface area contributed by atoms with Crippen LogP contribution < -0.4 is 16.0 Å². The Kier molecular flexibility index (Phi) is 4.74. The van der Waals surface area contributed by atoms with Crippen LogP contribution in [0.3, 0.4) is 0 Å². The standard InChI is InChI=1S/C13H20N6/c1-19(7-3-11-2-5-15-9-11)13-8-12(16-6-4-14)17-10-18-13/h2,5,8-10,15H,3-4,6-7,14H2,1H3,(H,16,17,18). The highest BCUT2D eigenvalue weighted by atomic mass is 15.2. The van der Waals surface area contributed by atoms with Gasteiger partial charge in [-0.25, -0.2) is 9.97 Å². The van der Waals surface area contributed by atoms with Gasteiger partial charge in [0.05, 0.1) is 0 Å². The normalized spacial score (nSPS) is 10.4. The van der Waals surface area contributed by atoms with E-state index < -0.39 is 0 Å². The van der Waals surface area contributed by atoms with Crippen molar-refractivity contribution in [3.8, 4) is 0 Å². The topological polar surface area (TPSA) is 82.9 Å². The molecule has 0 atom stereocenters. The summed E-state index contributed by atoms with van der Waals surface area (Å²) < 4.78 is 0. The van der Waals surface area contributed by atoms with Crippen LogP contribution in [0, 0.1) is 0 Å². The number of nitrogens with two attached hydrogens (primary N) is 1. The minimum atomic E-state index is 0.586. The Hall–Kier alpha value is -2.08. The van der Waals surface area contributed by atoms with E-state index in [1.807, 2.05) is 25.5 Å². The Balaban J connectivity index is 1.92. The second-order valence-corrected chi connectivity index (χ2v) is 4.37. The number of aromatic nitrogens is 3. The fraction of sp³-hybridized carbons (Fsp3) is 0.385. The molecule has 102 valence electrons. The van der Waals surface area contributed by atoms with E-state index in [9.17, 15) is 0 Å². The quantitative estimate of drug-likeness (QED) is 0.687. The van der Waals surface area contributed by atoms with Crippen molar-refractivity contribution in [1.82, 2.24) is 15.0 Å². The van der Waals surface area contributed by atoms with E-state index in [-0.39, 0.29) is 0 Å². The fourth-order valence-corrected chi connectivity index (χ4v) is 1.78. The van der Waals surface area contributed by atoms with Crippen molar-refractivity contribution in [2.75, 3.05) is 36.9 Å². The van der Waals surface area contributed by atoms with E-state index in [1.54, 1.807) is 6.33 Å². The van der Waals surface area contributed by atoms with Gasteiger partial charge in [0.1, 0.15) is 18.0 Å². The van der Waals surface area contributed by atoms with Crippen molar-refractivity contribution in [2.45, 2.75) is 6.42 Å². The lowest BCUT2D eigenvalue weighted by Gasteiger charge is -2.18. The molecular weight excluding hydrogens is 240 g/mol. The first kappa shape index (κ1) is 13.4. The number of H-pyrrole nitrogens is 1. The SMILES string of the molecule is CN(CCc1cc[nH]c1)c1cc(NCCN)ncn1. The van der Waals surface area contributed by atoms with Gasteiger partial charge in [-0.05, 0) is 18.1 Å². The minimum Gasteiger partial charge on any atom is -0.369 e. The fourth-order valence-electron chi connectivity index (χ4n) is 1.78. The van der Waals surface area contributed by atoms with Gasteiger partial charge in [0.2, 0.25) is 0 Å². The number of hydrogen-bond acceptors (Lipinski definition) is 5. The lowest BCUT2D eigenvalue weighted by atomic mass is 10.2. The zero-order valence-corrected chi connectivity index (χ0v) is 11.1. The molecule has 19 heavy (non-hydrogen) atoms. The summed E-state index contributed by atoms with van der Waals surface area (Å²) in [4.78, 5) is 13.6. The lowest BCUT2D eigenvalue weighted by molar-refractivity contribution is 0.856. The molecule has 0 amide bonds. The summed E-state index contributed by atoms with van der Waals surface area (Å²) in [7, 11) is 2.03. The zero-order valence-electron chi connectivity index (χ0n) is 11.1. The number of rotatable bonds is 7. The molecular formula is C13H20N6. The van der Waals surface area contributed by atoms with Gasteiger partial charge in [-0.2, -0.15) is 0 Å². The van der Waals surface area contributed by atoms with E-state index in [0.717, 1.165) is 24.6 Å². The maximum atomic E-state index is 5.46. The summed E-state index contributed by atoms with van der Waals surface area (Å²) >= 11 is 0. The highest BCUT2D eigenvalue weighted by Crippen LogP contribution is 2.13. The number of nitrogens with zero attached hydrogens (tertiary/aromatic N) is 3. The monoisotopic (exact) mass is 260 g/mol. The van der Waals surface area contributed by atoms with Crippen LogP contribution in [0.25, 0.3) is 0 Å². The van der Waals surface area contributed by atoms with Gasteiger partial charge in [-0.15, -0.1) is 0 Å². The zero-order chi connectivity index (χ0) is 13.5. The van der Waals surface area contributed by atoms with Gasteiger partial charge >= 0.3 is 0 Å². The molecule has 4 N–H and O–H groups in total. The van der Waals surface area contributed by atoms with Gasteiger partial charge in [0.25, 0.3) is 0 Å². The molecule has 0 bridgehead atoms. The lowest BCUT2D eigenvalue weighted by Crippen LogP contribution is -2.22. The smallest absolute Gasteiger partial charge is 0.133 e. The van der Waals surface area contributed by atoms with E-state index in [1.165, 1.54) is 5.56 Å². The molecule has 0 aromatic carbocycles. The number of likely N-dealkylation sites (N-methyl/N-ethyl adjacent to an activating group) is 1. The van der Waals surface area contributed by atoms with E-state index in [4.69, 9.17) is 5.73 Å². The second-order valence-electron chi connectivity index (χ2n) is 4.37. The Labute approximate surface area is 113 Å². The summed E-state index contributed by atoms with van der Waals surface area (Å²) in [5, 5.41) is 3.15. The van der Waals surface area contributed by atoms with Crippen molar-refractivity contribution in [3.63, 3.8) is 0 Å². The molecule has 2 rings (SSSR count). The molecule has 0 aliphatic carbocycles. The number of aromatic amines is 1. The molecule has 2 aromatic rings. The average molecular weight is 260 g/mol. The average Bonchev–Trinajstić information content (AvgIpc) is 2.96. The third kappa shape index (κ3) is 3.96. The molecule has 0 aliphatic heterocycles. The highest BCUT2D eigenvalue weighted by molar-refractivity contribution is 5.47. The molecule has 2 aromatic heterocycles. The number of nitrogens with one attached hydrogen (secondary N) is 2. The van der Waals surface area contributed by atoms with Crippen LogP contribution in [-0.2, 0) is 6.42 Å². The molecule has 0 radical (unpaired) electrons. The third-order valence-electron chi connectivity index (χ3n) is 2.89. The van der Waals surface area contributed by atoms with E-state index in [0.29, 0.717) is 13.1 Å². The molecule has 0 saturated carbocycles. The highest BCUT2D eigenvalue weighted by Gasteiger charge is 2.04. The molecule has 0 unspecified atom stereocenters. The Morgan fingerprint density at radius 3 is 3.05 bits per heavy atom. The van der Waals surface area contributed by atoms with Crippen molar-refractivity contribution in [3.05, 3.63) is 36.4 Å². The number of hydrogen-bond donors (Lipinski definition) is 3. The van der Waals surface area contributed by atoms with Crippen LogP contribution in [0.5, 0.6) is 0 Å². The van der Waals surface area contributed by atoms with Gasteiger partial charge in [-0.1, -0.05) is 0 Å². The van der Waals surface area contributed by atoms with Crippen LogP contribution >= 0.6 is 0 Å². The molecule has 6 nitrogen and oxygen atoms in total. The molecule has 0 fully saturated rings. The molecule has 2 heterocycles. The van der Waals surface area contributed by atoms with Gasteiger partial charge in [0.15, 0.2) is 0 Å². The summed E-state index contributed by atoms with van der Waals surface area (Å²) in [6, 6.07) is 4.02. The molecule has 0 spiro atoms. The van der Waals surface area contributed by atoms with Crippen molar-refractivity contribution >= 4 is 11.6 Å². The Morgan fingerprint density at radius 1 is 1.42 bits per heavy atom. The largest absolute Gasteiger partial charge is 0.369 e. The molecule has 0 aliphatic rings. The van der Waals surface area contributed by atoms with Crippen LogP contribution in [0.4, 0.5) is 11.6 Å². The molecule has 0 saturated heterocycles. The van der Waals surface area contributed by atoms with Crippen LogP contribution in [0.1, 0.15) is 5.56 Å². The Morgan fingerprint density at radius 2 is 2.32 bits per heavy atom. The predicted molar refractivity (Wildman–Crippen MR) is 77.3 cm³/mol. The second kappa shape index (κ2) is 6.75. The van der Waals surface area contributed by atoms with Gasteiger partial charge < -0.3 is 20.9 Å². The van der Waals surface area contributed by atoms with Gasteiger partial charge in [0, 0.05) is 45.1 Å². The number of anilines is 2. The summed E-state index contributed by atoms with van der Waals surface area (Å²) in [6.07, 6.45) is 6.51. The van der Waals surface area contributed by atoms with E-state index >= 15 is 0 Å². The minimum absolute atomic E-state index is 0.586. The van der Waals surface area contributed by atoms with Gasteiger partial charge in [-0.3, -0.25) is 0 Å². The summed E-state index contributed by atoms with van der Waals surface area (Å²) in [5.74, 6) is 1.72. The van der Waals surface area contributed by atoms with Crippen molar-refractivity contribution in [2.24, 2.45) is 5.73 Å². The van der Waals surface area contributed by atoms with Crippen molar-refractivity contribution < 1.29 is 0 Å². The predicted octanol–water partition coefficient (Wildman–Crippen LogP) is 0.854. The first-order valence-corrected chi connectivity index (χ1v) is 6.38.